The van der Waals surface area contributed by atoms with Gasteiger partial charge >= 0.3 is 0 Å². The predicted octanol–water partition coefficient (Wildman–Crippen LogP) is 5.19. The fourth-order valence-electron chi connectivity index (χ4n) is 2.39. The van der Waals surface area contributed by atoms with Crippen LogP contribution in [0.25, 0.3) is 0 Å². The van der Waals surface area contributed by atoms with Crippen LogP contribution in [0.5, 0.6) is 0 Å². The quantitative estimate of drug-likeness (QED) is 0.545. The molecule has 0 aliphatic heterocycles. The van der Waals surface area contributed by atoms with Gasteiger partial charge < -0.3 is 5.32 Å². The van der Waals surface area contributed by atoms with Crippen LogP contribution in [-0.4, -0.2) is 13.4 Å². The van der Waals surface area contributed by atoms with E-state index < -0.39 is 38.4 Å². The summed E-state index contributed by atoms with van der Waals surface area (Å²) < 4.78 is 67.8. The van der Waals surface area contributed by atoms with Gasteiger partial charge in [0.15, 0.2) is 16.8 Å². The van der Waals surface area contributed by atoms with E-state index in [9.17, 15) is 21.6 Å². The molecule has 0 unspecified atom stereocenters. The zero-order valence-electron chi connectivity index (χ0n) is 14.2. The molecule has 28 heavy (non-hydrogen) atoms. The minimum atomic E-state index is -4.22. The SMILES string of the molecule is C[C@H](Nc1cc(F)c(S(=O)(=O)Nc2nccs2)cc1Cl)c1ccc(F)c(F)c1. The van der Waals surface area contributed by atoms with Crippen LogP contribution in [0.2, 0.25) is 5.02 Å². The summed E-state index contributed by atoms with van der Waals surface area (Å²) in [4.78, 5) is 3.15. The van der Waals surface area contributed by atoms with E-state index in [1.807, 2.05) is 0 Å². The van der Waals surface area contributed by atoms with Gasteiger partial charge in [0.25, 0.3) is 10.0 Å². The molecule has 2 aromatic carbocycles. The number of halogens is 4. The van der Waals surface area contributed by atoms with Crippen LogP contribution in [0.1, 0.15) is 18.5 Å². The molecule has 0 aliphatic rings. The lowest BCUT2D eigenvalue weighted by atomic mass is 10.1. The van der Waals surface area contributed by atoms with Crippen molar-refractivity contribution in [3.8, 4) is 0 Å². The number of benzene rings is 2. The second-order valence-electron chi connectivity index (χ2n) is 5.74. The Hall–Kier alpha value is -2.30. The molecule has 2 N–H and O–H groups in total. The van der Waals surface area contributed by atoms with E-state index in [2.05, 4.69) is 15.0 Å². The van der Waals surface area contributed by atoms with E-state index in [0.717, 1.165) is 35.6 Å². The number of anilines is 2. The van der Waals surface area contributed by atoms with Crippen LogP contribution < -0.4 is 10.0 Å². The first-order valence-corrected chi connectivity index (χ1v) is 10.5. The van der Waals surface area contributed by atoms with Gasteiger partial charge in [-0.1, -0.05) is 17.7 Å². The summed E-state index contributed by atoms with van der Waals surface area (Å²) in [6.07, 6.45) is 1.40. The second-order valence-corrected chi connectivity index (χ2v) is 8.70. The zero-order chi connectivity index (χ0) is 20.5. The third-order valence-electron chi connectivity index (χ3n) is 3.78. The molecule has 11 heteroatoms. The second kappa shape index (κ2) is 7.98. The Morgan fingerprint density at radius 1 is 1.11 bits per heavy atom. The van der Waals surface area contributed by atoms with E-state index in [0.29, 0.717) is 5.56 Å². The summed E-state index contributed by atoms with van der Waals surface area (Å²) in [5.41, 5.74) is 0.502. The Morgan fingerprint density at radius 3 is 2.50 bits per heavy atom. The molecule has 0 saturated carbocycles. The maximum absolute atomic E-state index is 14.5. The lowest BCUT2D eigenvalue weighted by molar-refractivity contribution is 0.506. The third-order valence-corrected chi connectivity index (χ3v) is 6.27. The predicted molar refractivity (Wildman–Crippen MR) is 103 cm³/mol. The average Bonchev–Trinajstić information content (AvgIpc) is 3.12. The van der Waals surface area contributed by atoms with Crippen LogP contribution in [0.4, 0.5) is 24.0 Å². The lowest BCUT2D eigenvalue weighted by Crippen LogP contribution is -2.15. The van der Waals surface area contributed by atoms with E-state index in [1.54, 1.807) is 12.3 Å². The summed E-state index contributed by atoms with van der Waals surface area (Å²) in [7, 11) is -4.22. The third kappa shape index (κ3) is 4.40. The monoisotopic (exact) mass is 447 g/mol. The largest absolute Gasteiger partial charge is 0.377 e. The molecule has 5 nitrogen and oxygen atoms in total. The molecule has 1 heterocycles. The number of hydrogen-bond acceptors (Lipinski definition) is 5. The minimum Gasteiger partial charge on any atom is -0.377 e. The van der Waals surface area contributed by atoms with Gasteiger partial charge in [-0.2, -0.15) is 0 Å². The highest BCUT2D eigenvalue weighted by Gasteiger charge is 2.23. The number of rotatable bonds is 6. The van der Waals surface area contributed by atoms with Crippen molar-refractivity contribution >= 4 is 43.8 Å². The van der Waals surface area contributed by atoms with Gasteiger partial charge in [-0.15, -0.1) is 11.3 Å². The molecule has 0 spiro atoms. The van der Waals surface area contributed by atoms with Crippen LogP contribution >= 0.6 is 22.9 Å². The van der Waals surface area contributed by atoms with Crippen LogP contribution in [0.15, 0.2) is 46.8 Å². The summed E-state index contributed by atoms with van der Waals surface area (Å²) in [5, 5.41) is 4.44. The number of nitrogens with zero attached hydrogens (tertiary/aromatic N) is 1. The Balaban J connectivity index is 1.86. The standard InChI is InChI=1S/C17H13ClF3N3O2S2/c1-9(10-2-3-12(19)13(20)6-10)23-15-8-14(21)16(7-11(15)18)28(25,26)24-17-22-4-5-27-17/h2-9,23H,1H3,(H,22,24)/t9-/m0/s1. The zero-order valence-corrected chi connectivity index (χ0v) is 16.6. The molecule has 1 atom stereocenters. The first-order valence-electron chi connectivity index (χ1n) is 7.80. The minimum absolute atomic E-state index is 0.0599. The molecule has 3 rings (SSSR count). The first-order chi connectivity index (χ1) is 13.2. The highest BCUT2D eigenvalue weighted by atomic mass is 35.5. The molecule has 0 bridgehead atoms. The summed E-state index contributed by atoms with van der Waals surface area (Å²) >= 11 is 7.15. The van der Waals surface area contributed by atoms with Gasteiger partial charge in [-0.25, -0.2) is 26.6 Å². The number of thiazole rings is 1. The number of sulfonamides is 1. The van der Waals surface area contributed by atoms with Gasteiger partial charge in [0.1, 0.15) is 10.7 Å². The lowest BCUT2D eigenvalue weighted by Gasteiger charge is -2.18. The van der Waals surface area contributed by atoms with E-state index in [4.69, 9.17) is 11.6 Å². The molecular weight excluding hydrogens is 435 g/mol. The van der Waals surface area contributed by atoms with Gasteiger partial charge in [0.05, 0.1) is 10.7 Å². The van der Waals surface area contributed by atoms with Crippen molar-refractivity contribution in [1.82, 2.24) is 4.98 Å². The van der Waals surface area contributed by atoms with Gasteiger partial charge in [-0.05, 0) is 36.8 Å². The molecule has 3 aromatic rings. The molecule has 0 saturated heterocycles. The molecule has 0 amide bonds. The van der Waals surface area contributed by atoms with Crippen molar-refractivity contribution in [2.75, 3.05) is 10.0 Å². The maximum Gasteiger partial charge on any atom is 0.266 e. The number of hydrogen-bond donors (Lipinski definition) is 2. The fraction of sp³-hybridized carbons (Fsp3) is 0.118. The number of nitrogens with one attached hydrogen (secondary N) is 2. The summed E-state index contributed by atoms with van der Waals surface area (Å²) in [6, 6.07) is 4.70. The Labute approximate surface area is 168 Å². The van der Waals surface area contributed by atoms with Crippen LogP contribution in [0, 0.1) is 17.5 Å². The van der Waals surface area contributed by atoms with Gasteiger partial charge in [0, 0.05) is 17.6 Å². The summed E-state index contributed by atoms with van der Waals surface area (Å²) in [5.74, 6) is -3.03. The average molecular weight is 448 g/mol. The Kier molecular flexibility index (Phi) is 5.82. The Morgan fingerprint density at radius 2 is 1.86 bits per heavy atom. The molecular formula is C17H13ClF3N3O2S2. The molecule has 148 valence electrons. The first kappa shape index (κ1) is 20.4. The summed E-state index contributed by atoms with van der Waals surface area (Å²) in [6.45, 7) is 1.63. The fourth-order valence-corrected chi connectivity index (χ4v) is 4.55. The highest BCUT2D eigenvalue weighted by Crippen LogP contribution is 2.32. The van der Waals surface area contributed by atoms with Crippen molar-refractivity contribution < 1.29 is 21.6 Å². The van der Waals surface area contributed by atoms with E-state index in [-0.39, 0.29) is 15.8 Å². The van der Waals surface area contributed by atoms with Crippen molar-refractivity contribution in [1.29, 1.82) is 0 Å². The van der Waals surface area contributed by atoms with Crippen molar-refractivity contribution in [2.24, 2.45) is 0 Å². The number of aromatic nitrogens is 1. The molecule has 1 aromatic heterocycles. The van der Waals surface area contributed by atoms with E-state index in [1.165, 1.54) is 12.3 Å². The van der Waals surface area contributed by atoms with Crippen LogP contribution in [-0.2, 0) is 10.0 Å². The van der Waals surface area contributed by atoms with Crippen molar-refractivity contribution in [3.05, 3.63) is 69.9 Å². The molecule has 0 fully saturated rings. The topological polar surface area (TPSA) is 71.1 Å². The normalized spacial score (nSPS) is 12.6. The van der Waals surface area contributed by atoms with Crippen molar-refractivity contribution in [3.63, 3.8) is 0 Å². The van der Waals surface area contributed by atoms with Gasteiger partial charge in [-0.3, -0.25) is 4.72 Å². The van der Waals surface area contributed by atoms with Crippen LogP contribution in [0.3, 0.4) is 0 Å². The molecule has 0 aliphatic carbocycles. The maximum atomic E-state index is 14.5. The van der Waals surface area contributed by atoms with E-state index >= 15 is 0 Å². The van der Waals surface area contributed by atoms with Crippen molar-refractivity contribution in [2.45, 2.75) is 17.9 Å². The molecule has 0 radical (unpaired) electrons. The Bertz CT molecular complexity index is 1110. The highest BCUT2D eigenvalue weighted by molar-refractivity contribution is 7.93. The smallest absolute Gasteiger partial charge is 0.266 e. The van der Waals surface area contributed by atoms with Gasteiger partial charge in [0.2, 0.25) is 0 Å².